The minimum Gasteiger partial charge on any atom is -0.492 e. The molecule has 3 aromatic rings. The van der Waals surface area contributed by atoms with Crippen LogP contribution in [0.3, 0.4) is 0 Å². The first kappa shape index (κ1) is 25.0. The van der Waals surface area contributed by atoms with Gasteiger partial charge in [-0.1, -0.05) is 36.4 Å². The van der Waals surface area contributed by atoms with Crippen molar-refractivity contribution in [3.63, 3.8) is 0 Å². The Morgan fingerprint density at radius 3 is 2.69 bits per heavy atom. The monoisotopic (exact) mass is 486 g/mol. The van der Waals surface area contributed by atoms with Gasteiger partial charge >= 0.3 is 5.97 Å². The summed E-state index contributed by atoms with van der Waals surface area (Å²) in [5.41, 5.74) is 17.1. The lowest BCUT2D eigenvalue weighted by molar-refractivity contribution is -0.142. The Balaban J connectivity index is 1.69. The zero-order valence-corrected chi connectivity index (χ0v) is 20.3. The maximum absolute atomic E-state index is 12.1. The number of hydrogen-bond donors (Lipinski definition) is 2. The van der Waals surface area contributed by atoms with E-state index in [-0.39, 0.29) is 25.6 Å². The van der Waals surface area contributed by atoms with Crippen LogP contribution in [-0.4, -0.2) is 25.1 Å². The molecule has 4 rings (SSSR count). The first-order valence-corrected chi connectivity index (χ1v) is 11.9. The molecule has 3 aromatic carbocycles. The van der Waals surface area contributed by atoms with Crippen LogP contribution >= 0.6 is 0 Å². The fourth-order valence-corrected chi connectivity index (χ4v) is 4.12. The summed E-state index contributed by atoms with van der Waals surface area (Å²) in [5, 5.41) is 0. The number of ether oxygens (including phenoxy) is 3. The van der Waals surface area contributed by atoms with Crippen molar-refractivity contribution in [2.75, 3.05) is 13.2 Å². The van der Waals surface area contributed by atoms with Gasteiger partial charge in [-0.05, 0) is 60.4 Å². The van der Waals surface area contributed by atoms with Crippen LogP contribution in [0, 0.1) is 0 Å². The van der Waals surface area contributed by atoms with Crippen molar-refractivity contribution < 1.29 is 23.8 Å². The van der Waals surface area contributed by atoms with Crippen LogP contribution in [0.1, 0.15) is 46.0 Å². The molecule has 7 nitrogen and oxygen atoms in total. The lowest BCUT2D eigenvalue weighted by atomic mass is 9.96. The Hall–Kier alpha value is -4.10. The second-order valence-corrected chi connectivity index (χ2v) is 8.46. The number of primary amides is 1. The highest BCUT2D eigenvalue weighted by molar-refractivity contribution is 5.93. The van der Waals surface area contributed by atoms with Gasteiger partial charge in [0.25, 0.3) is 0 Å². The van der Waals surface area contributed by atoms with E-state index in [2.05, 4.69) is 18.2 Å². The van der Waals surface area contributed by atoms with Gasteiger partial charge in [-0.25, -0.2) is 0 Å². The molecule has 7 heteroatoms. The highest BCUT2D eigenvalue weighted by Gasteiger charge is 2.17. The third kappa shape index (κ3) is 5.93. The standard InChI is InChI=1S/C29H30N2O5/c1-2-34-27(32)16-22-9-10-24(29(31)33)15-26(22)36-18-20-13-23-7-3-4-11-35-28(23)25(14-20)21-8-5-6-19(12-21)17-30/h3,5-10,12-15H,2,4,11,16-18,30H2,1H3,(H2,31,33). The molecule has 0 spiro atoms. The molecule has 0 unspecified atom stereocenters. The Morgan fingerprint density at radius 1 is 1.06 bits per heavy atom. The van der Waals surface area contributed by atoms with E-state index in [9.17, 15) is 9.59 Å². The molecule has 0 bridgehead atoms. The number of fused-ring (bicyclic) bond motifs is 1. The maximum Gasteiger partial charge on any atom is 0.310 e. The number of rotatable bonds is 9. The molecule has 1 amide bonds. The average molecular weight is 487 g/mol. The van der Waals surface area contributed by atoms with Gasteiger partial charge in [-0.15, -0.1) is 0 Å². The quantitative estimate of drug-likeness (QED) is 0.434. The molecule has 186 valence electrons. The summed E-state index contributed by atoms with van der Waals surface area (Å²) in [5.74, 6) is 0.286. The second-order valence-electron chi connectivity index (χ2n) is 8.46. The first-order valence-electron chi connectivity index (χ1n) is 11.9. The van der Waals surface area contributed by atoms with E-state index in [0.29, 0.717) is 30.0 Å². The predicted octanol–water partition coefficient (Wildman–Crippen LogP) is 4.39. The summed E-state index contributed by atoms with van der Waals surface area (Å²) in [6.45, 7) is 3.29. The summed E-state index contributed by atoms with van der Waals surface area (Å²) in [6.07, 6.45) is 4.99. The van der Waals surface area contributed by atoms with Crippen LogP contribution in [0.25, 0.3) is 17.2 Å². The number of carbonyl (C=O) groups is 2. The van der Waals surface area contributed by atoms with Gasteiger partial charge in [0, 0.05) is 28.8 Å². The van der Waals surface area contributed by atoms with E-state index in [1.807, 2.05) is 30.3 Å². The lowest BCUT2D eigenvalue weighted by Crippen LogP contribution is -2.13. The van der Waals surface area contributed by atoms with Gasteiger partial charge in [0.1, 0.15) is 18.1 Å². The van der Waals surface area contributed by atoms with Crippen LogP contribution < -0.4 is 20.9 Å². The zero-order valence-electron chi connectivity index (χ0n) is 20.3. The third-order valence-electron chi connectivity index (χ3n) is 5.87. The number of nitrogens with two attached hydrogens (primary N) is 2. The van der Waals surface area contributed by atoms with E-state index in [1.54, 1.807) is 25.1 Å². The fraction of sp³-hybridized carbons (Fsp3) is 0.241. The molecule has 0 radical (unpaired) electrons. The highest BCUT2D eigenvalue weighted by Crippen LogP contribution is 2.37. The van der Waals surface area contributed by atoms with E-state index < -0.39 is 5.91 Å². The van der Waals surface area contributed by atoms with Crippen LogP contribution in [0.5, 0.6) is 11.5 Å². The molecule has 4 N–H and O–H groups in total. The highest BCUT2D eigenvalue weighted by atomic mass is 16.5. The SMILES string of the molecule is CCOC(=O)Cc1ccc(C(N)=O)cc1OCc1cc2c(c(-c3cccc(CN)c3)c1)OCCC=C2. The second kappa shape index (κ2) is 11.6. The molecule has 0 fully saturated rings. The zero-order chi connectivity index (χ0) is 25.5. The van der Waals surface area contributed by atoms with Gasteiger partial charge in [0.05, 0.1) is 19.6 Å². The van der Waals surface area contributed by atoms with E-state index in [1.165, 1.54) is 0 Å². The molecule has 0 saturated heterocycles. The number of carbonyl (C=O) groups excluding carboxylic acids is 2. The van der Waals surface area contributed by atoms with Gasteiger partial charge < -0.3 is 25.7 Å². The molecule has 1 heterocycles. The Kier molecular flexibility index (Phi) is 8.02. The predicted molar refractivity (Wildman–Crippen MR) is 139 cm³/mol. The average Bonchev–Trinajstić information content (AvgIpc) is 3.13. The summed E-state index contributed by atoms with van der Waals surface area (Å²) < 4.78 is 17.3. The minimum absolute atomic E-state index is 0.0279. The summed E-state index contributed by atoms with van der Waals surface area (Å²) >= 11 is 0. The largest absolute Gasteiger partial charge is 0.492 e. The smallest absolute Gasteiger partial charge is 0.310 e. The van der Waals surface area contributed by atoms with Gasteiger partial charge in [0.2, 0.25) is 5.91 Å². The molecule has 0 aromatic heterocycles. The van der Waals surface area contributed by atoms with Crippen LogP contribution in [0.4, 0.5) is 0 Å². The van der Waals surface area contributed by atoms with Crippen molar-refractivity contribution in [1.29, 1.82) is 0 Å². The number of amides is 1. The summed E-state index contributed by atoms with van der Waals surface area (Å²) in [7, 11) is 0. The van der Waals surface area contributed by atoms with Crippen molar-refractivity contribution in [2.45, 2.75) is 32.9 Å². The van der Waals surface area contributed by atoms with Crippen molar-refractivity contribution in [2.24, 2.45) is 11.5 Å². The third-order valence-corrected chi connectivity index (χ3v) is 5.87. The molecule has 36 heavy (non-hydrogen) atoms. The Morgan fingerprint density at radius 2 is 1.92 bits per heavy atom. The number of hydrogen-bond acceptors (Lipinski definition) is 6. The summed E-state index contributed by atoms with van der Waals surface area (Å²) in [4.78, 5) is 23.9. The summed E-state index contributed by atoms with van der Waals surface area (Å²) in [6, 6.07) is 16.9. The minimum atomic E-state index is -0.572. The normalized spacial score (nSPS) is 12.3. The first-order chi connectivity index (χ1) is 17.5. The van der Waals surface area contributed by atoms with Crippen LogP contribution in [0.2, 0.25) is 0 Å². The number of benzene rings is 3. The van der Waals surface area contributed by atoms with Crippen LogP contribution in [-0.2, 0) is 29.1 Å². The van der Waals surface area contributed by atoms with Gasteiger partial charge in [-0.2, -0.15) is 0 Å². The van der Waals surface area contributed by atoms with Crippen LogP contribution in [0.15, 0.2) is 60.7 Å². The molecule has 1 aliphatic rings. The number of esters is 1. The van der Waals surface area contributed by atoms with Crippen molar-refractivity contribution in [3.05, 3.63) is 88.5 Å². The molecular formula is C29H30N2O5. The Labute approximate surface area is 210 Å². The van der Waals surface area contributed by atoms with E-state index in [0.717, 1.165) is 40.0 Å². The maximum atomic E-state index is 12.1. The molecule has 0 aliphatic carbocycles. The fourth-order valence-electron chi connectivity index (χ4n) is 4.12. The lowest BCUT2D eigenvalue weighted by Gasteiger charge is -2.17. The van der Waals surface area contributed by atoms with Gasteiger partial charge in [-0.3, -0.25) is 9.59 Å². The van der Waals surface area contributed by atoms with Crippen molar-refractivity contribution in [3.8, 4) is 22.6 Å². The molecule has 1 aliphatic heterocycles. The van der Waals surface area contributed by atoms with Gasteiger partial charge in [0.15, 0.2) is 0 Å². The molecule has 0 atom stereocenters. The van der Waals surface area contributed by atoms with E-state index in [4.69, 9.17) is 25.7 Å². The molecular weight excluding hydrogens is 456 g/mol. The Bertz CT molecular complexity index is 1300. The van der Waals surface area contributed by atoms with Crippen molar-refractivity contribution in [1.82, 2.24) is 0 Å². The van der Waals surface area contributed by atoms with Crippen molar-refractivity contribution >= 4 is 18.0 Å². The molecule has 0 saturated carbocycles. The van der Waals surface area contributed by atoms with E-state index >= 15 is 0 Å². The topological polar surface area (TPSA) is 114 Å².